The fourth-order valence-corrected chi connectivity index (χ4v) is 9.57. The molecule has 2 heterocycles. The minimum absolute atomic E-state index is 0.0770. The Morgan fingerprint density at radius 1 is 0.967 bits per heavy atom. The van der Waals surface area contributed by atoms with Crippen LogP contribution in [0, 0.1) is 31.6 Å². The maximum atomic E-state index is 14.2. The zero-order valence-electron chi connectivity index (χ0n) is 35.4. The molecule has 2 aliphatic heterocycles. The molecule has 1 amide bonds. The summed E-state index contributed by atoms with van der Waals surface area (Å²) in [6.07, 6.45) is 10.7. The van der Waals surface area contributed by atoms with Crippen LogP contribution in [0.25, 0.3) is 0 Å². The van der Waals surface area contributed by atoms with Gasteiger partial charge in [-0.25, -0.2) is 4.79 Å². The van der Waals surface area contributed by atoms with Crippen LogP contribution < -0.4 is 9.47 Å². The molecule has 1 saturated heterocycles. The summed E-state index contributed by atoms with van der Waals surface area (Å²) in [4.78, 5) is 22.0. The normalized spacial score (nSPS) is 26.2. The number of nitrogens with zero attached hydrogens (tertiary/aromatic N) is 2. The molecule has 7 unspecified atom stereocenters. The van der Waals surface area contributed by atoms with Crippen molar-refractivity contribution in [2.45, 2.75) is 109 Å². The van der Waals surface area contributed by atoms with E-state index >= 15 is 0 Å². The first-order valence-corrected chi connectivity index (χ1v) is 21.8. The van der Waals surface area contributed by atoms with Gasteiger partial charge in [0.2, 0.25) is 12.1 Å². The van der Waals surface area contributed by atoms with Crippen molar-refractivity contribution in [2.24, 2.45) is 22.9 Å². The lowest BCUT2D eigenvalue weighted by Gasteiger charge is -2.59. The van der Waals surface area contributed by atoms with Crippen LogP contribution in [0.1, 0.15) is 92.4 Å². The van der Waals surface area contributed by atoms with Gasteiger partial charge in [0.15, 0.2) is 0 Å². The Kier molecular flexibility index (Phi) is 14.7. The molecule has 11 nitrogen and oxygen atoms in total. The number of carbonyl (C=O) groups excluding carboxylic acids is 1. The summed E-state index contributed by atoms with van der Waals surface area (Å²) in [6, 6.07) is 21.0. The number of allylic oxidation sites excluding steroid dienone is 1. The van der Waals surface area contributed by atoms with Gasteiger partial charge in [-0.3, -0.25) is 0 Å². The van der Waals surface area contributed by atoms with Crippen molar-refractivity contribution in [1.29, 1.82) is 0 Å². The topological polar surface area (TPSA) is 129 Å². The van der Waals surface area contributed by atoms with Crippen LogP contribution in [-0.4, -0.2) is 78.5 Å². The van der Waals surface area contributed by atoms with Crippen LogP contribution in [0.15, 0.2) is 96.2 Å². The van der Waals surface area contributed by atoms with E-state index in [1.54, 1.807) is 18.0 Å². The number of hydrogen-bond acceptors (Lipinski definition) is 10. The quantitative estimate of drug-likeness (QED) is 0.0733. The Morgan fingerprint density at radius 3 is 2.47 bits per heavy atom. The lowest BCUT2D eigenvalue weighted by molar-refractivity contribution is -0.254. The number of ether oxygens (including phenoxy) is 5. The summed E-state index contributed by atoms with van der Waals surface area (Å²) in [5, 5.41) is 24.8. The predicted octanol–water partition coefficient (Wildman–Crippen LogP) is 9.52. The van der Waals surface area contributed by atoms with E-state index in [2.05, 4.69) is 38.6 Å². The third kappa shape index (κ3) is 9.60. The molecule has 1 saturated carbocycles. The number of oxime groups is 1. The van der Waals surface area contributed by atoms with Gasteiger partial charge in [-0.1, -0.05) is 66.5 Å². The zero-order chi connectivity index (χ0) is 42.1. The number of unbranched alkanes of at least 4 members (excludes halogenated alkanes) is 2. The Bertz CT molecular complexity index is 1980. The Hall–Kier alpha value is -4.68. The number of fused-ring (bicyclic) bond motifs is 2. The fraction of sp³-hybridized carbons (Fsp3) is 0.510. The average molecular weight is 823 g/mol. The van der Waals surface area contributed by atoms with Crippen molar-refractivity contribution < 1.29 is 43.5 Å². The van der Waals surface area contributed by atoms with Crippen molar-refractivity contribution in [3.05, 3.63) is 113 Å². The van der Waals surface area contributed by atoms with Crippen LogP contribution >= 0.6 is 0 Å². The van der Waals surface area contributed by atoms with Crippen LogP contribution in [0.3, 0.4) is 0 Å². The SMILES string of the molecule is C=CCOC12Oc3ccc(Oc4ccc(C)c(C)c4)cc3C3C(CCCCO)C(CCCCO)C=C(C(=NOC4CCCCO4)CC1N(C)C(=O)OCc1ccccc1)C32. The molecule has 2 fully saturated rings. The molecular formula is C49H62N2O9. The van der Waals surface area contributed by atoms with Crippen LogP contribution in [0.2, 0.25) is 0 Å². The molecule has 3 aromatic rings. The molecule has 4 aliphatic rings. The van der Waals surface area contributed by atoms with Crippen molar-refractivity contribution in [3.8, 4) is 17.2 Å². The van der Waals surface area contributed by atoms with E-state index in [9.17, 15) is 15.0 Å². The van der Waals surface area contributed by atoms with Gasteiger partial charge in [0.05, 0.1) is 24.8 Å². The first-order chi connectivity index (χ1) is 29.3. The molecule has 2 N–H and O–H groups in total. The largest absolute Gasteiger partial charge is 0.459 e. The Morgan fingerprint density at radius 2 is 1.73 bits per heavy atom. The van der Waals surface area contributed by atoms with Gasteiger partial charge < -0.3 is 43.6 Å². The Balaban J connectivity index is 1.38. The average Bonchev–Trinajstić information content (AvgIpc) is 3.27. The summed E-state index contributed by atoms with van der Waals surface area (Å²) >= 11 is 0. The smallest absolute Gasteiger partial charge is 0.410 e. The number of aryl methyl sites for hydroxylation is 2. The summed E-state index contributed by atoms with van der Waals surface area (Å²) in [6.45, 7) is 9.29. The number of carbonyl (C=O) groups is 1. The lowest BCUT2D eigenvalue weighted by atomic mass is 9.55. The van der Waals surface area contributed by atoms with Crippen molar-refractivity contribution in [2.75, 3.05) is 33.5 Å². The van der Waals surface area contributed by atoms with Crippen molar-refractivity contribution in [3.63, 3.8) is 0 Å². The highest BCUT2D eigenvalue weighted by Gasteiger charge is 2.65. The van der Waals surface area contributed by atoms with Gasteiger partial charge >= 0.3 is 6.09 Å². The zero-order valence-corrected chi connectivity index (χ0v) is 35.4. The monoisotopic (exact) mass is 822 g/mol. The minimum atomic E-state index is -1.39. The third-order valence-electron chi connectivity index (χ3n) is 12.7. The van der Waals surface area contributed by atoms with Crippen molar-refractivity contribution >= 4 is 11.8 Å². The molecule has 2 aliphatic carbocycles. The van der Waals surface area contributed by atoms with E-state index in [0.717, 1.165) is 73.0 Å². The molecule has 0 bridgehead atoms. The van der Waals surface area contributed by atoms with Gasteiger partial charge in [-0.2, -0.15) is 0 Å². The highest BCUT2D eigenvalue weighted by molar-refractivity contribution is 6.03. The number of hydrogen-bond donors (Lipinski definition) is 2. The third-order valence-corrected chi connectivity index (χ3v) is 12.7. The van der Waals surface area contributed by atoms with Crippen LogP contribution in [0.4, 0.5) is 4.79 Å². The number of likely N-dealkylation sites (N-methyl/N-ethyl adjacent to an activating group) is 1. The first kappa shape index (κ1) is 43.4. The van der Waals surface area contributed by atoms with E-state index in [1.165, 1.54) is 5.56 Å². The van der Waals surface area contributed by atoms with Gasteiger partial charge in [-0.15, -0.1) is 6.58 Å². The molecule has 322 valence electrons. The molecule has 60 heavy (non-hydrogen) atoms. The summed E-state index contributed by atoms with van der Waals surface area (Å²) in [5.41, 5.74) is 5.86. The second-order valence-corrected chi connectivity index (χ2v) is 16.7. The first-order valence-electron chi connectivity index (χ1n) is 21.8. The summed E-state index contributed by atoms with van der Waals surface area (Å²) in [7, 11) is 1.74. The standard InChI is InChI=1S/C49H62N2O9/c1-5-26-57-49-44(51(4)48(54)56-32-35-15-7-6-8-16-35)31-42(50-60-45-19-11-14-27-55-45)40-29-36(17-9-12-24-52)39(18-10-13-25-53)46(47(40)49)41-30-38(22-23-43(41)59-49)58-37-21-20-33(2)34(3)28-37/h5-8,15-16,20-23,28-30,36,39,44-47,52-53H,1,9-14,17-19,24-27,31-32H2,2-4H3. The molecule has 11 heteroatoms. The molecule has 0 aromatic heterocycles. The Labute approximate surface area is 354 Å². The van der Waals surface area contributed by atoms with E-state index in [1.807, 2.05) is 54.6 Å². The summed E-state index contributed by atoms with van der Waals surface area (Å²) in [5.74, 6) is 0.226. The predicted molar refractivity (Wildman–Crippen MR) is 230 cm³/mol. The second kappa shape index (κ2) is 20.3. The highest BCUT2D eigenvalue weighted by atomic mass is 16.8. The highest BCUT2D eigenvalue weighted by Crippen LogP contribution is 2.62. The fourth-order valence-electron chi connectivity index (χ4n) is 9.57. The van der Waals surface area contributed by atoms with Crippen molar-refractivity contribution in [1.82, 2.24) is 4.90 Å². The van der Waals surface area contributed by atoms with Gasteiger partial charge in [0, 0.05) is 44.6 Å². The second-order valence-electron chi connectivity index (χ2n) is 16.7. The van der Waals surface area contributed by atoms with E-state index < -0.39 is 30.1 Å². The summed E-state index contributed by atoms with van der Waals surface area (Å²) < 4.78 is 32.8. The lowest BCUT2D eigenvalue weighted by Crippen LogP contribution is -2.69. The molecule has 3 aromatic carbocycles. The van der Waals surface area contributed by atoms with Crippen LogP contribution in [0.5, 0.6) is 17.2 Å². The van der Waals surface area contributed by atoms with Crippen LogP contribution in [-0.2, 0) is 25.7 Å². The molecule has 7 atom stereocenters. The number of aliphatic hydroxyl groups is 2. The van der Waals surface area contributed by atoms with E-state index in [4.69, 9.17) is 33.7 Å². The number of amides is 1. The van der Waals surface area contributed by atoms with E-state index in [-0.39, 0.29) is 50.6 Å². The number of benzene rings is 3. The minimum Gasteiger partial charge on any atom is -0.459 e. The maximum Gasteiger partial charge on any atom is 0.410 e. The van der Waals surface area contributed by atoms with Gasteiger partial charge in [0.25, 0.3) is 0 Å². The van der Waals surface area contributed by atoms with E-state index in [0.29, 0.717) is 36.7 Å². The molecule has 7 rings (SSSR count). The maximum absolute atomic E-state index is 14.2. The number of rotatable bonds is 18. The van der Waals surface area contributed by atoms with Gasteiger partial charge in [-0.05, 0) is 117 Å². The number of aliphatic hydroxyl groups excluding tert-OH is 2. The molecular weight excluding hydrogens is 761 g/mol. The molecule has 0 radical (unpaired) electrons. The van der Waals surface area contributed by atoms with Gasteiger partial charge in [0.1, 0.15) is 29.9 Å². The molecule has 0 spiro atoms.